The number of carboxylic acid groups (broad SMARTS) is 1. The van der Waals surface area contributed by atoms with E-state index in [9.17, 15) is 14.7 Å². The lowest BCUT2D eigenvalue weighted by Gasteiger charge is -2.08. The molecule has 0 spiro atoms. The molecule has 122 valence electrons. The van der Waals surface area contributed by atoms with Crippen molar-refractivity contribution in [2.45, 2.75) is 6.42 Å². The number of benzene rings is 2. The van der Waals surface area contributed by atoms with Gasteiger partial charge in [-0.05, 0) is 6.08 Å². The van der Waals surface area contributed by atoms with Gasteiger partial charge in [-0.25, -0.2) is 9.79 Å². The summed E-state index contributed by atoms with van der Waals surface area (Å²) in [5, 5.41) is 9.37. The first-order valence-electron chi connectivity index (χ1n) is 7.31. The molecule has 24 heavy (non-hydrogen) atoms. The molecule has 2 rings (SSSR count). The summed E-state index contributed by atoms with van der Waals surface area (Å²) in [6.45, 7) is 0. The number of ether oxygens (including phenoxy) is 1. The molecule has 2 aromatic rings. The lowest BCUT2D eigenvalue weighted by Crippen LogP contribution is -2.08. The Balaban J connectivity index is 2.50. The zero-order valence-electron chi connectivity index (χ0n) is 13.2. The van der Waals surface area contributed by atoms with Crippen molar-refractivity contribution in [2.24, 2.45) is 4.99 Å². The molecule has 0 radical (unpaired) electrons. The van der Waals surface area contributed by atoms with E-state index in [2.05, 4.69) is 9.73 Å². The van der Waals surface area contributed by atoms with Gasteiger partial charge in [-0.1, -0.05) is 60.7 Å². The molecule has 0 unspecified atom stereocenters. The number of aliphatic carboxylic acids is 1. The number of methoxy groups -OCH3 is 1. The Morgan fingerprint density at radius 3 is 1.92 bits per heavy atom. The second kappa shape index (κ2) is 8.43. The highest BCUT2D eigenvalue weighted by Crippen LogP contribution is 2.14. The lowest BCUT2D eigenvalue weighted by molar-refractivity contribution is -0.139. The summed E-state index contributed by atoms with van der Waals surface area (Å²) in [5.41, 5.74) is 1.89. The van der Waals surface area contributed by atoms with Crippen LogP contribution in [0.2, 0.25) is 0 Å². The number of hydrogen-bond acceptors (Lipinski definition) is 4. The number of carbonyl (C=O) groups is 2. The minimum atomic E-state index is -1.21. The molecule has 0 saturated heterocycles. The summed E-state index contributed by atoms with van der Waals surface area (Å²) in [7, 11) is 1.25. The van der Waals surface area contributed by atoms with Crippen LogP contribution in [0.1, 0.15) is 17.5 Å². The second-order valence-electron chi connectivity index (χ2n) is 4.87. The third-order valence-corrected chi connectivity index (χ3v) is 3.24. The van der Waals surface area contributed by atoms with Gasteiger partial charge in [-0.15, -0.1) is 0 Å². The number of carboxylic acids is 1. The average Bonchev–Trinajstić information content (AvgIpc) is 2.62. The van der Waals surface area contributed by atoms with Gasteiger partial charge in [0.2, 0.25) is 0 Å². The topological polar surface area (TPSA) is 76.0 Å². The average molecular weight is 323 g/mol. The number of rotatable bonds is 6. The van der Waals surface area contributed by atoms with Gasteiger partial charge < -0.3 is 9.84 Å². The summed E-state index contributed by atoms with van der Waals surface area (Å²) in [4.78, 5) is 27.0. The molecule has 0 saturated carbocycles. The number of esters is 1. The van der Waals surface area contributed by atoms with E-state index in [1.54, 1.807) is 0 Å². The van der Waals surface area contributed by atoms with E-state index in [1.165, 1.54) is 13.2 Å². The zero-order valence-corrected chi connectivity index (χ0v) is 13.2. The van der Waals surface area contributed by atoms with Gasteiger partial charge in [0.15, 0.2) is 0 Å². The van der Waals surface area contributed by atoms with E-state index in [1.807, 2.05) is 60.7 Å². The van der Waals surface area contributed by atoms with Crippen LogP contribution in [0.5, 0.6) is 0 Å². The first-order chi connectivity index (χ1) is 11.6. The largest absolute Gasteiger partial charge is 0.477 e. The highest BCUT2D eigenvalue weighted by Gasteiger charge is 2.12. The van der Waals surface area contributed by atoms with Crippen LogP contribution >= 0.6 is 0 Å². The highest BCUT2D eigenvalue weighted by molar-refractivity contribution is 6.14. The molecule has 1 N–H and O–H groups in total. The van der Waals surface area contributed by atoms with E-state index >= 15 is 0 Å². The Hall–Kier alpha value is -3.21. The zero-order chi connectivity index (χ0) is 17.4. The van der Waals surface area contributed by atoms with Crippen LogP contribution < -0.4 is 0 Å². The fraction of sp³-hybridized carbons (Fsp3) is 0.105. The predicted molar refractivity (Wildman–Crippen MR) is 90.9 cm³/mol. The van der Waals surface area contributed by atoms with E-state index < -0.39 is 11.9 Å². The Morgan fingerprint density at radius 2 is 1.50 bits per heavy atom. The second-order valence-corrected chi connectivity index (χ2v) is 4.87. The van der Waals surface area contributed by atoms with Crippen LogP contribution in [0.15, 0.2) is 77.4 Å². The maximum absolute atomic E-state index is 11.5. The Bertz CT molecular complexity index is 723. The molecular formula is C19H17NO4. The van der Waals surface area contributed by atoms with E-state index in [4.69, 9.17) is 0 Å². The third kappa shape index (κ3) is 4.64. The predicted octanol–water partition coefficient (Wildman–Crippen LogP) is 3.06. The van der Waals surface area contributed by atoms with Crippen molar-refractivity contribution in [3.63, 3.8) is 0 Å². The van der Waals surface area contributed by atoms with Gasteiger partial charge in [-0.2, -0.15) is 0 Å². The molecule has 0 amide bonds. The van der Waals surface area contributed by atoms with Crippen LogP contribution in [0.25, 0.3) is 0 Å². The Morgan fingerprint density at radius 1 is 1.00 bits per heavy atom. The summed E-state index contributed by atoms with van der Waals surface area (Å²) in [6.07, 6.45) is 1.10. The molecule has 0 aromatic heterocycles. The molecule has 5 nitrogen and oxygen atoms in total. The Kier molecular flexibility index (Phi) is 6.02. The maximum Gasteiger partial charge on any atom is 0.354 e. The van der Waals surface area contributed by atoms with Gasteiger partial charge in [0.25, 0.3) is 0 Å². The van der Waals surface area contributed by atoms with Crippen molar-refractivity contribution in [3.05, 3.63) is 83.6 Å². The third-order valence-electron chi connectivity index (χ3n) is 3.24. The minimum Gasteiger partial charge on any atom is -0.477 e. The normalized spacial score (nSPS) is 10.8. The van der Waals surface area contributed by atoms with Crippen LogP contribution in [0.3, 0.4) is 0 Å². The molecule has 2 aromatic carbocycles. The van der Waals surface area contributed by atoms with Gasteiger partial charge >= 0.3 is 11.9 Å². The smallest absolute Gasteiger partial charge is 0.354 e. The van der Waals surface area contributed by atoms with Gasteiger partial charge in [0, 0.05) is 11.1 Å². The van der Waals surface area contributed by atoms with Crippen molar-refractivity contribution >= 4 is 17.7 Å². The van der Waals surface area contributed by atoms with Gasteiger partial charge in [0.05, 0.1) is 19.2 Å². The number of carbonyl (C=O) groups excluding carboxylic acids is 1. The fourth-order valence-electron chi connectivity index (χ4n) is 2.05. The standard InChI is InChI=1S/C19H17NO4/c1-24-17(21)13-12-16(19(22)23)20-18(14-8-4-2-5-9-14)15-10-6-3-7-11-15/h2-12H,13H2,1H3,(H,22,23). The molecule has 5 heteroatoms. The summed E-state index contributed by atoms with van der Waals surface area (Å²) in [6, 6.07) is 18.6. The molecular weight excluding hydrogens is 306 g/mol. The summed E-state index contributed by atoms with van der Waals surface area (Å²) in [5.74, 6) is -1.73. The highest BCUT2D eigenvalue weighted by atomic mass is 16.5. The van der Waals surface area contributed by atoms with Crippen molar-refractivity contribution in [2.75, 3.05) is 7.11 Å². The monoisotopic (exact) mass is 323 g/mol. The molecule has 0 atom stereocenters. The molecule has 0 aliphatic heterocycles. The number of hydrogen-bond donors (Lipinski definition) is 1. The maximum atomic E-state index is 11.5. The van der Waals surface area contributed by atoms with Crippen LogP contribution in [-0.4, -0.2) is 29.9 Å². The molecule has 0 heterocycles. The van der Waals surface area contributed by atoms with Crippen LogP contribution in [-0.2, 0) is 14.3 Å². The Labute approximate surface area is 139 Å². The van der Waals surface area contributed by atoms with E-state index in [0.29, 0.717) is 5.71 Å². The minimum absolute atomic E-state index is 0.154. The van der Waals surface area contributed by atoms with Gasteiger partial charge in [-0.3, -0.25) is 4.79 Å². The molecule has 0 fully saturated rings. The molecule has 0 aliphatic carbocycles. The van der Waals surface area contributed by atoms with Crippen molar-refractivity contribution in [1.82, 2.24) is 0 Å². The molecule has 0 bridgehead atoms. The summed E-state index contributed by atoms with van der Waals surface area (Å²) < 4.78 is 4.53. The van der Waals surface area contributed by atoms with Crippen LogP contribution in [0.4, 0.5) is 0 Å². The van der Waals surface area contributed by atoms with E-state index in [-0.39, 0.29) is 12.1 Å². The van der Waals surface area contributed by atoms with Crippen molar-refractivity contribution < 1.29 is 19.4 Å². The van der Waals surface area contributed by atoms with Crippen molar-refractivity contribution in [3.8, 4) is 0 Å². The quantitative estimate of drug-likeness (QED) is 0.503. The summed E-state index contributed by atoms with van der Waals surface area (Å²) >= 11 is 0. The lowest BCUT2D eigenvalue weighted by atomic mass is 10.0. The first kappa shape index (κ1) is 17.1. The first-order valence-corrected chi connectivity index (χ1v) is 7.31. The molecule has 0 aliphatic rings. The SMILES string of the molecule is COC(=O)CC=C(N=C(c1ccccc1)c1ccccc1)C(=O)O. The van der Waals surface area contributed by atoms with Crippen molar-refractivity contribution in [1.29, 1.82) is 0 Å². The van der Waals surface area contributed by atoms with Gasteiger partial charge in [0.1, 0.15) is 5.70 Å². The fourth-order valence-corrected chi connectivity index (χ4v) is 2.05. The number of nitrogens with zero attached hydrogens (tertiary/aromatic N) is 1. The van der Waals surface area contributed by atoms with Crippen LogP contribution in [0, 0.1) is 0 Å². The van der Waals surface area contributed by atoms with E-state index in [0.717, 1.165) is 11.1 Å². The number of aliphatic imine (C=N–C) groups is 1.